The lowest BCUT2D eigenvalue weighted by molar-refractivity contribution is -0.156. The van der Waals surface area contributed by atoms with E-state index in [1.54, 1.807) is 12.3 Å². The van der Waals surface area contributed by atoms with Crippen LogP contribution in [0.3, 0.4) is 0 Å². The Morgan fingerprint density at radius 1 is 1.09 bits per heavy atom. The number of pyridine rings is 1. The van der Waals surface area contributed by atoms with E-state index in [2.05, 4.69) is 10.3 Å². The molecule has 6 nitrogen and oxygen atoms in total. The van der Waals surface area contributed by atoms with Gasteiger partial charge in [0, 0.05) is 41.2 Å². The number of rotatable bonds is 5. The number of carbonyl (C=O) groups is 1. The predicted octanol–water partition coefficient (Wildman–Crippen LogP) is 7.06. The number of anilines is 1. The van der Waals surface area contributed by atoms with Crippen LogP contribution < -0.4 is 5.32 Å². The molecule has 0 saturated heterocycles. The largest absolute Gasteiger partial charge is 0.506 e. The van der Waals surface area contributed by atoms with Gasteiger partial charge in [-0.3, -0.25) is 9.78 Å². The highest BCUT2D eigenvalue weighted by Gasteiger charge is 2.26. The lowest BCUT2D eigenvalue weighted by atomic mass is 9.84. The minimum atomic E-state index is -0.444. The smallest absolute Gasteiger partial charge is 0.306 e. The van der Waals surface area contributed by atoms with Crippen molar-refractivity contribution in [1.29, 1.82) is 0 Å². The summed E-state index contributed by atoms with van der Waals surface area (Å²) in [5, 5.41) is 17.1. The lowest BCUT2D eigenvalue weighted by Crippen LogP contribution is -2.29. The first-order valence-electron chi connectivity index (χ1n) is 12.3. The van der Waals surface area contributed by atoms with E-state index in [9.17, 15) is 9.90 Å². The molecule has 1 aliphatic carbocycles. The molecule has 2 aromatic carbocycles. The summed E-state index contributed by atoms with van der Waals surface area (Å²) < 4.78 is 11.6. The standard InChI is InChI=1S/C29H32N2O4/c1-29(2,3)35-28(33)12-18-8-10-21(11-9-18)31-24-15-22-20(13-25(24)32)16-30-17-23(22)27-14-19-6-4-5-7-26(19)34-27/h4-7,13-18,21,31-32H,8-12H2,1-3H3. The number of phenols is 1. The van der Waals surface area contributed by atoms with Gasteiger partial charge in [0.15, 0.2) is 0 Å². The number of aromatic hydroxyl groups is 1. The van der Waals surface area contributed by atoms with Crippen molar-refractivity contribution in [3.8, 4) is 17.1 Å². The molecule has 35 heavy (non-hydrogen) atoms. The maximum atomic E-state index is 12.2. The van der Waals surface area contributed by atoms with E-state index in [1.807, 2.05) is 63.4 Å². The van der Waals surface area contributed by atoms with E-state index >= 15 is 0 Å². The van der Waals surface area contributed by atoms with Crippen LogP contribution in [0.15, 0.2) is 59.3 Å². The third kappa shape index (κ3) is 5.26. The Morgan fingerprint density at radius 3 is 2.60 bits per heavy atom. The number of benzene rings is 2. The third-order valence-electron chi connectivity index (χ3n) is 6.65. The number of hydrogen-bond acceptors (Lipinski definition) is 6. The maximum Gasteiger partial charge on any atom is 0.306 e. The average molecular weight is 473 g/mol. The van der Waals surface area contributed by atoms with Gasteiger partial charge in [0.2, 0.25) is 0 Å². The zero-order valence-corrected chi connectivity index (χ0v) is 20.5. The molecule has 0 unspecified atom stereocenters. The summed E-state index contributed by atoms with van der Waals surface area (Å²) in [6, 6.07) is 13.9. The fourth-order valence-corrected chi connectivity index (χ4v) is 4.98. The molecule has 1 saturated carbocycles. The lowest BCUT2D eigenvalue weighted by Gasteiger charge is -2.30. The summed E-state index contributed by atoms with van der Waals surface area (Å²) in [6.45, 7) is 5.70. The molecule has 2 aromatic heterocycles. The molecule has 0 aliphatic heterocycles. The van der Waals surface area contributed by atoms with Crippen molar-refractivity contribution in [3.63, 3.8) is 0 Å². The second kappa shape index (κ2) is 9.25. The number of nitrogens with one attached hydrogen (secondary N) is 1. The molecule has 2 heterocycles. The van der Waals surface area contributed by atoms with E-state index in [4.69, 9.17) is 9.15 Å². The molecule has 0 atom stereocenters. The second-order valence-corrected chi connectivity index (χ2v) is 10.6. The van der Waals surface area contributed by atoms with Gasteiger partial charge in [0.25, 0.3) is 0 Å². The van der Waals surface area contributed by atoms with Gasteiger partial charge in [-0.05, 0) is 82.0 Å². The maximum absolute atomic E-state index is 12.2. The molecule has 0 amide bonds. The van der Waals surface area contributed by atoms with Gasteiger partial charge in [-0.1, -0.05) is 18.2 Å². The number of fused-ring (bicyclic) bond motifs is 2. The van der Waals surface area contributed by atoms with E-state index in [0.717, 1.165) is 58.7 Å². The summed E-state index contributed by atoms with van der Waals surface area (Å²) in [4.78, 5) is 16.6. The average Bonchev–Trinajstić information content (AvgIpc) is 3.23. The van der Waals surface area contributed by atoms with Crippen molar-refractivity contribution in [2.45, 2.75) is 64.5 Å². The van der Waals surface area contributed by atoms with Crippen LogP contribution in [0.1, 0.15) is 52.9 Å². The molecule has 0 radical (unpaired) electrons. The Balaban J connectivity index is 1.32. The fraction of sp³-hybridized carbons (Fsp3) is 0.379. The number of para-hydroxylation sites is 1. The highest BCUT2D eigenvalue weighted by molar-refractivity contribution is 5.99. The van der Waals surface area contributed by atoms with Crippen molar-refractivity contribution >= 4 is 33.4 Å². The van der Waals surface area contributed by atoms with Crippen LogP contribution >= 0.6 is 0 Å². The van der Waals surface area contributed by atoms with Gasteiger partial charge in [-0.15, -0.1) is 0 Å². The number of phenolic OH excluding ortho intramolecular Hbond substituents is 1. The zero-order valence-electron chi connectivity index (χ0n) is 20.5. The van der Waals surface area contributed by atoms with Gasteiger partial charge in [0.05, 0.1) is 5.69 Å². The molecule has 182 valence electrons. The van der Waals surface area contributed by atoms with E-state index in [-0.39, 0.29) is 17.8 Å². The van der Waals surface area contributed by atoms with Crippen LogP contribution in [0.5, 0.6) is 5.75 Å². The SMILES string of the molecule is CC(C)(C)OC(=O)CC1CCC(Nc2cc3c(-c4cc5ccccc5o4)cncc3cc2O)CC1. The van der Waals surface area contributed by atoms with Crippen LogP contribution in [-0.4, -0.2) is 27.7 Å². The summed E-state index contributed by atoms with van der Waals surface area (Å²) in [5.74, 6) is 1.19. The van der Waals surface area contributed by atoms with Crippen LogP contribution in [-0.2, 0) is 9.53 Å². The van der Waals surface area contributed by atoms with Crippen LogP contribution in [0, 0.1) is 5.92 Å². The molecule has 1 aliphatic rings. The topological polar surface area (TPSA) is 84.6 Å². The fourth-order valence-electron chi connectivity index (χ4n) is 4.98. The predicted molar refractivity (Wildman–Crippen MR) is 138 cm³/mol. The van der Waals surface area contributed by atoms with E-state index < -0.39 is 5.60 Å². The minimum Gasteiger partial charge on any atom is -0.506 e. The molecule has 2 N–H and O–H groups in total. The van der Waals surface area contributed by atoms with Gasteiger partial charge in [-0.25, -0.2) is 0 Å². The van der Waals surface area contributed by atoms with E-state index in [1.165, 1.54) is 0 Å². The van der Waals surface area contributed by atoms with Gasteiger partial charge < -0.3 is 19.6 Å². The van der Waals surface area contributed by atoms with E-state index in [0.29, 0.717) is 18.0 Å². The molecular formula is C29H32N2O4. The van der Waals surface area contributed by atoms with Gasteiger partial charge >= 0.3 is 5.97 Å². The first-order chi connectivity index (χ1) is 16.7. The molecule has 5 rings (SSSR count). The molecular weight excluding hydrogens is 440 g/mol. The number of hydrogen-bond donors (Lipinski definition) is 2. The molecule has 1 fully saturated rings. The number of furan rings is 1. The first kappa shape index (κ1) is 23.2. The van der Waals surface area contributed by atoms with Crippen LogP contribution in [0.4, 0.5) is 5.69 Å². The molecule has 6 heteroatoms. The van der Waals surface area contributed by atoms with Crippen LogP contribution in [0.2, 0.25) is 0 Å². The van der Waals surface area contributed by atoms with Crippen molar-refractivity contribution in [2.24, 2.45) is 5.92 Å². The second-order valence-electron chi connectivity index (χ2n) is 10.6. The highest BCUT2D eigenvalue weighted by atomic mass is 16.6. The summed E-state index contributed by atoms with van der Waals surface area (Å²) in [5.41, 5.74) is 1.99. The first-order valence-corrected chi connectivity index (χ1v) is 12.3. The van der Waals surface area contributed by atoms with Crippen molar-refractivity contribution in [2.75, 3.05) is 5.32 Å². The quantitative estimate of drug-likeness (QED) is 0.239. The summed E-state index contributed by atoms with van der Waals surface area (Å²) >= 11 is 0. The summed E-state index contributed by atoms with van der Waals surface area (Å²) in [6.07, 6.45) is 7.84. The summed E-state index contributed by atoms with van der Waals surface area (Å²) in [7, 11) is 0. The van der Waals surface area contributed by atoms with Gasteiger partial charge in [0.1, 0.15) is 22.7 Å². The molecule has 0 spiro atoms. The number of carbonyl (C=O) groups excluding carboxylic acids is 1. The Bertz CT molecular complexity index is 1330. The monoisotopic (exact) mass is 472 g/mol. The Hall–Kier alpha value is -3.54. The molecule has 0 bridgehead atoms. The van der Waals surface area contributed by atoms with Crippen LogP contribution in [0.25, 0.3) is 33.1 Å². The Kier molecular flexibility index (Phi) is 6.13. The minimum absolute atomic E-state index is 0.118. The number of nitrogens with zero attached hydrogens (tertiary/aromatic N) is 1. The van der Waals surface area contributed by atoms with Crippen molar-refractivity contribution in [3.05, 3.63) is 54.9 Å². The van der Waals surface area contributed by atoms with Crippen molar-refractivity contribution < 1.29 is 19.1 Å². The third-order valence-corrected chi connectivity index (χ3v) is 6.65. The number of aromatic nitrogens is 1. The zero-order chi connectivity index (χ0) is 24.6. The van der Waals surface area contributed by atoms with Gasteiger partial charge in [-0.2, -0.15) is 0 Å². The Labute approximate surface area is 205 Å². The normalized spacial score (nSPS) is 18.6. The number of esters is 1. The van der Waals surface area contributed by atoms with Crippen molar-refractivity contribution in [1.82, 2.24) is 4.98 Å². The highest BCUT2D eigenvalue weighted by Crippen LogP contribution is 2.38. The number of ether oxygens (including phenoxy) is 1. The molecule has 4 aromatic rings. The Morgan fingerprint density at radius 2 is 1.86 bits per heavy atom.